The normalized spacial score (nSPS) is 24.0. The van der Waals surface area contributed by atoms with Gasteiger partial charge in [0.15, 0.2) is 0 Å². The number of aliphatic hydroxyl groups is 1. The molecular formula is C16H30N2O4. The van der Waals surface area contributed by atoms with Crippen LogP contribution in [-0.2, 0) is 14.3 Å². The van der Waals surface area contributed by atoms with Gasteiger partial charge in [-0.2, -0.15) is 0 Å². The van der Waals surface area contributed by atoms with Crippen molar-refractivity contribution < 1.29 is 19.4 Å². The molecule has 1 aliphatic rings. The maximum atomic E-state index is 12.4. The van der Waals surface area contributed by atoms with Gasteiger partial charge in [-0.25, -0.2) is 0 Å². The molecule has 0 radical (unpaired) electrons. The molecule has 1 heterocycles. The third-order valence-electron chi connectivity index (χ3n) is 4.01. The van der Waals surface area contributed by atoms with Gasteiger partial charge in [-0.3, -0.25) is 9.59 Å². The quantitative estimate of drug-likeness (QED) is 0.416. The van der Waals surface area contributed by atoms with E-state index in [0.29, 0.717) is 13.1 Å². The predicted octanol–water partition coefficient (Wildman–Crippen LogP) is 1.12. The average Bonchev–Trinajstić information content (AvgIpc) is 3.14. The standard InChI is InChI=1S/C16H30N2O4/c1-5-7-9-17-13(19)11-12-16(22-12,15(3,4)21)14(20)18-10-8-6-2/h12,21H,5-11H2,1-4H3,(H,17,19)(H,18,20)/t12-,16?/m1/s1. The van der Waals surface area contributed by atoms with Gasteiger partial charge in [-0.05, 0) is 26.7 Å². The first-order valence-corrected chi connectivity index (χ1v) is 8.24. The van der Waals surface area contributed by atoms with Crippen molar-refractivity contribution in [2.24, 2.45) is 0 Å². The minimum absolute atomic E-state index is 0.0922. The molecule has 2 amide bonds. The van der Waals surface area contributed by atoms with Crippen molar-refractivity contribution in [2.45, 2.75) is 77.1 Å². The summed E-state index contributed by atoms with van der Waals surface area (Å²) >= 11 is 0. The second-order valence-electron chi connectivity index (χ2n) is 6.42. The molecule has 1 rings (SSSR count). The van der Waals surface area contributed by atoms with E-state index in [1.54, 1.807) is 13.8 Å². The van der Waals surface area contributed by atoms with Crippen LogP contribution in [0.3, 0.4) is 0 Å². The van der Waals surface area contributed by atoms with Crippen LogP contribution in [0.2, 0.25) is 0 Å². The summed E-state index contributed by atoms with van der Waals surface area (Å²) in [7, 11) is 0. The summed E-state index contributed by atoms with van der Waals surface area (Å²) in [6.07, 6.45) is 3.29. The van der Waals surface area contributed by atoms with Gasteiger partial charge in [0, 0.05) is 13.1 Å². The molecule has 0 aromatic heterocycles. The fourth-order valence-corrected chi connectivity index (χ4v) is 2.55. The van der Waals surface area contributed by atoms with Crippen LogP contribution in [0, 0.1) is 0 Å². The summed E-state index contributed by atoms with van der Waals surface area (Å²) in [6, 6.07) is 0. The molecule has 2 atom stereocenters. The Morgan fingerprint density at radius 1 is 1.14 bits per heavy atom. The highest BCUT2D eigenvalue weighted by atomic mass is 16.6. The lowest BCUT2D eigenvalue weighted by atomic mass is 9.85. The first kappa shape index (κ1) is 18.9. The molecule has 6 nitrogen and oxygen atoms in total. The number of unbranched alkanes of at least 4 members (excludes halogenated alkanes) is 2. The third-order valence-corrected chi connectivity index (χ3v) is 4.01. The molecule has 1 unspecified atom stereocenters. The number of carbonyl (C=O) groups is 2. The second-order valence-corrected chi connectivity index (χ2v) is 6.42. The molecule has 6 heteroatoms. The highest BCUT2D eigenvalue weighted by Gasteiger charge is 2.70. The maximum Gasteiger partial charge on any atom is 0.258 e. The Kier molecular flexibility index (Phi) is 6.81. The number of hydrogen-bond acceptors (Lipinski definition) is 4. The van der Waals surface area contributed by atoms with Crippen molar-refractivity contribution in [2.75, 3.05) is 13.1 Å². The van der Waals surface area contributed by atoms with E-state index in [0.717, 1.165) is 25.7 Å². The zero-order valence-corrected chi connectivity index (χ0v) is 14.2. The number of hydrogen-bond donors (Lipinski definition) is 3. The number of carbonyl (C=O) groups excluding carboxylic acids is 2. The summed E-state index contributed by atoms with van der Waals surface area (Å²) in [5, 5.41) is 15.9. The predicted molar refractivity (Wildman–Crippen MR) is 84.4 cm³/mol. The molecular weight excluding hydrogens is 284 g/mol. The van der Waals surface area contributed by atoms with E-state index in [1.165, 1.54) is 0 Å². The molecule has 0 aromatic rings. The van der Waals surface area contributed by atoms with Crippen molar-refractivity contribution in [1.82, 2.24) is 10.6 Å². The number of nitrogens with one attached hydrogen (secondary N) is 2. The van der Waals surface area contributed by atoms with E-state index < -0.39 is 17.3 Å². The summed E-state index contributed by atoms with van der Waals surface area (Å²) in [5.74, 6) is -0.481. The van der Waals surface area contributed by atoms with Gasteiger partial charge in [-0.15, -0.1) is 0 Å². The van der Waals surface area contributed by atoms with E-state index >= 15 is 0 Å². The first-order valence-electron chi connectivity index (χ1n) is 8.24. The van der Waals surface area contributed by atoms with Crippen molar-refractivity contribution in [3.63, 3.8) is 0 Å². The highest BCUT2D eigenvalue weighted by molar-refractivity contribution is 5.91. The van der Waals surface area contributed by atoms with Crippen LogP contribution < -0.4 is 10.6 Å². The van der Waals surface area contributed by atoms with Crippen LogP contribution >= 0.6 is 0 Å². The lowest BCUT2D eigenvalue weighted by Crippen LogP contribution is -2.53. The van der Waals surface area contributed by atoms with Crippen LogP contribution in [-0.4, -0.2) is 47.3 Å². The molecule has 0 saturated carbocycles. The summed E-state index contributed by atoms with van der Waals surface area (Å²) in [5.41, 5.74) is -2.65. The van der Waals surface area contributed by atoms with Gasteiger partial charge in [-0.1, -0.05) is 26.7 Å². The number of epoxide rings is 1. The lowest BCUT2D eigenvalue weighted by molar-refractivity contribution is -0.135. The zero-order valence-electron chi connectivity index (χ0n) is 14.2. The lowest BCUT2D eigenvalue weighted by Gasteiger charge is -2.26. The fraction of sp³-hybridized carbons (Fsp3) is 0.875. The first-order chi connectivity index (χ1) is 10.3. The molecule has 1 fully saturated rings. The Morgan fingerprint density at radius 3 is 2.18 bits per heavy atom. The minimum atomic E-state index is -1.34. The van der Waals surface area contributed by atoms with Crippen LogP contribution in [0.4, 0.5) is 0 Å². The molecule has 0 spiro atoms. The largest absolute Gasteiger partial charge is 0.387 e. The van der Waals surface area contributed by atoms with E-state index in [9.17, 15) is 14.7 Å². The Hall–Kier alpha value is -1.14. The number of rotatable bonds is 10. The third kappa shape index (κ3) is 4.43. The minimum Gasteiger partial charge on any atom is -0.387 e. The second kappa shape index (κ2) is 7.92. The monoisotopic (exact) mass is 314 g/mol. The molecule has 22 heavy (non-hydrogen) atoms. The van der Waals surface area contributed by atoms with Gasteiger partial charge in [0.05, 0.1) is 12.0 Å². The Morgan fingerprint density at radius 2 is 1.68 bits per heavy atom. The summed E-state index contributed by atoms with van der Waals surface area (Å²) in [6.45, 7) is 8.35. The molecule has 1 saturated heterocycles. The number of ether oxygens (including phenoxy) is 1. The Balaban J connectivity index is 2.59. The SMILES string of the molecule is CCCCNC(=O)C[C@H]1OC1(C(=O)NCCCC)C(C)(C)O. The highest BCUT2D eigenvalue weighted by Crippen LogP contribution is 2.47. The molecule has 1 aliphatic heterocycles. The van der Waals surface area contributed by atoms with Crippen molar-refractivity contribution >= 4 is 11.8 Å². The van der Waals surface area contributed by atoms with E-state index in [4.69, 9.17) is 4.74 Å². The van der Waals surface area contributed by atoms with Gasteiger partial charge < -0.3 is 20.5 Å². The molecule has 0 aliphatic carbocycles. The summed E-state index contributed by atoms with van der Waals surface area (Å²) in [4.78, 5) is 24.2. The Labute approximate surface area is 133 Å². The molecule has 0 aromatic carbocycles. The smallest absolute Gasteiger partial charge is 0.258 e. The van der Waals surface area contributed by atoms with Crippen LogP contribution in [0.1, 0.15) is 59.8 Å². The molecule has 128 valence electrons. The van der Waals surface area contributed by atoms with Crippen molar-refractivity contribution in [3.8, 4) is 0 Å². The van der Waals surface area contributed by atoms with E-state index in [-0.39, 0.29) is 18.2 Å². The van der Waals surface area contributed by atoms with Gasteiger partial charge in [0.1, 0.15) is 6.10 Å². The van der Waals surface area contributed by atoms with E-state index in [2.05, 4.69) is 17.6 Å². The van der Waals surface area contributed by atoms with Gasteiger partial charge >= 0.3 is 0 Å². The van der Waals surface area contributed by atoms with Crippen LogP contribution in [0.15, 0.2) is 0 Å². The fourth-order valence-electron chi connectivity index (χ4n) is 2.55. The molecule has 3 N–H and O–H groups in total. The maximum absolute atomic E-state index is 12.4. The topological polar surface area (TPSA) is 91.0 Å². The number of amides is 2. The van der Waals surface area contributed by atoms with Crippen molar-refractivity contribution in [1.29, 1.82) is 0 Å². The zero-order chi connectivity index (χ0) is 16.8. The van der Waals surface area contributed by atoms with Gasteiger partial charge in [0.25, 0.3) is 5.91 Å². The van der Waals surface area contributed by atoms with Crippen molar-refractivity contribution in [3.05, 3.63) is 0 Å². The van der Waals surface area contributed by atoms with Crippen LogP contribution in [0.25, 0.3) is 0 Å². The van der Waals surface area contributed by atoms with Gasteiger partial charge in [0.2, 0.25) is 11.5 Å². The summed E-state index contributed by atoms with van der Waals surface area (Å²) < 4.78 is 5.52. The van der Waals surface area contributed by atoms with E-state index in [1.807, 2.05) is 6.92 Å². The Bertz CT molecular complexity index is 392. The average molecular weight is 314 g/mol. The molecule has 0 bridgehead atoms. The van der Waals surface area contributed by atoms with Crippen LogP contribution in [0.5, 0.6) is 0 Å².